The van der Waals surface area contributed by atoms with E-state index in [0.29, 0.717) is 12.1 Å². The number of likely N-dealkylation sites (tertiary alicyclic amines) is 1. The molecule has 0 aliphatic carbocycles. The van der Waals surface area contributed by atoms with Gasteiger partial charge in [0.2, 0.25) is 5.91 Å². The van der Waals surface area contributed by atoms with E-state index in [-0.39, 0.29) is 23.3 Å². The molecule has 0 bridgehead atoms. The molecule has 1 amide bonds. The molecule has 1 fully saturated rings. The third-order valence-corrected chi connectivity index (χ3v) is 3.92. The molecular weight excluding hydrogens is 297 g/mol. The summed E-state index contributed by atoms with van der Waals surface area (Å²) in [7, 11) is 0. The quantitative estimate of drug-likeness (QED) is 0.929. The summed E-state index contributed by atoms with van der Waals surface area (Å²) < 4.78 is 13.2. The average molecular weight is 314 g/mol. The van der Waals surface area contributed by atoms with Crippen LogP contribution in [0.5, 0.6) is 0 Å². The van der Waals surface area contributed by atoms with Gasteiger partial charge in [0.25, 0.3) is 0 Å². The number of carbonyl (C=O) groups is 2. The van der Waals surface area contributed by atoms with E-state index < -0.39 is 23.7 Å². The third kappa shape index (κ3) is 3.18. The van der Waals surface area contributed by atoms with Crippen LogP contribution in [0.15, 0.2) is 18.2 Å². The van der Waals surface area contributed by atoms with Gasteiger partial charge in [0.1, 0.15) is 5.82 Å². The van der Waals surface area contributed by atoms with Crippen molar-refractivity contribution in [2.75, 3.05) is 6.54 Å². The van der Waals surface area contributed by atoms with Gasteiger partial charge < -0.3 is 10.0 Å². The number of halogens is 2. The highest BCUT2D eigenvalue weighted by Gasteiger charge is 2.45. The Morgan fingerprint density at radius 3 is 2.71 bits per heavy atom. The molecule has 1 saturated heterocycles. The van der Waals surface area contributed by atoms with Gasteiger partial charge in [0.15, 0.2) is 0 Å². The molecule has 2 unspecified atom stereocenters. The van der Waals surface area contributed by atoms with Crippen LogP contribution in [0.25, 0.3) is 0 Å². The van der Waals surface area contributed by atoms with Crippen LogP contribution in [0.1, 0.15) is 31.9 Å². The molecule has 1 aliphatic heterocycles. The Balaban J connectivity index is 2.46. The molecule has 114 valence electrons. The smallest absolute Gasteiger partial charge is 0.309 e. The number of benzene rings is 1. The van der Waals surface area contributed by atoms with Crippen molar-refractivity contribution >= 4 is 23.5 Å². The van der Waals surface area contributed by atoms with E-state index in [4.69, 9.17) is 11.6 Å². The summed E-state index contributed by atoms with van der Waals surface area (Å²) in [6.07, 6.45) is -0.0551. The van der Waals surface area contributed by atoms with Crippen molar-refractivity contribution in [3.63, 3.8) is 0 Å². The van der Waals surface area contributed by atoms with E-state index in [0.717, 1.165) is 6.07 Å². The number of hydrogen-bond donors (Lipinski definition) is 1. The van der Waals surface area contributed by atoms with Gasteiger partial charge in [-0.1, -0.05) is 31.5 Å². The molecule has 1 aliphatic rings. The first-order valence-corrected chi connectivity index (χ1v) is 7.16. The summed E-state index contributed by atoms with van der Waals surface area (Å²) in [5, 5.41) is 9.51. The largest absolute Gasteiger partial charge is 0.481 e. The molecule has 21 heavy (non-hydrogen) atoms. The maximum atomic E-state index is 13.2. The number of hydrogen-bond acceptors (Lipinski definition) is 2. The van der Waals surface area contributed by atoms with Gasteiger partial charge >= 0.3 is 5.97 Å². The normalized spacial score (nSPS) is 22.1. The van der Waals surface area contributed by atoms with Crippen molar-refractivity contribution in [3.05, 3.63) is 34.6 Å². The average Bonchev–Trinajstić information content (AvgIpc) is 2.67. The van der Waals surface area contributed by atoms with E-state index in [9.17, 15) is 19.1 Å². The van der Waals surface area contributed by atoms with Crippen LogP contribution in [-0.4, -0.2) is 28.4 Å². The fourth-order valence-corrected chi connectivity index (χ4v) is 3.03. The van der Waals surface area contributed by atoms with E-state index in [1.54, 1.807) is 4.90 Å². The highest BCUT2D eigenvalue weighted by Crippen LogP contribution is 2.41. The first-order chi connectivity index (χ1) is 9.81. The molecule has 2 rings (SSSR count). The van der Waals surface area contributed by atoms with E-state index >= 15 is 0 Å². The van der Waals surface area contributed by atoms with Crippen LogP contribution in [-0.2, 0) is 9.59 Å². The molecule has 0 saturated carbocycles. The standard InChI is InChI=1S/C15H17ClFNO3/c1-8(2)7-18-13(19)6-11(15(20)21)14(18)10-4-3-9(17)5-12(10)16/h3-5,8,11,14H,6-7H2,1-2H3,(H,20,21). The number of aliphatic carboxylic acids is 1. The molecule has 1 N–H and O–H groups in total. The first kappa shape index (κ1) is 15.8. The van der Waals surface area contributed by atoms with Gasteiger partial charge in [-0.2, -0.15) is 0 Å². The van der Waals surface area contributed by atoms with E-state index in [2.05, 4.69) is 0 Å². The lowest BCUT2D eigenvalue weighted by atomic mass is 9.93. The second-order valence-corrected chi connectivity index (χ2v) is 6.11. The summed E-state index contributed by atoms with van der Waals surface area (Å²) in [5.74, 6) is -2.40. The van der Waals surface area contributed by atoms with Crippen molar-refractivity contribution in [1.82, 2.24) is 4.90 Å². The van der Waals surface area contributed by atoms with Gasteiger partial charge in [0, 0.05) is 18.0 Å². The second-order valence-electron chi connectivity index (χ2n) is 5.70. The minimum atomic E-state index is -1.04. The Kier molecular flexibility index (Phi) is 4.52. The fraction of sp³-hybridized carbons (Fsp3) is 0.467. The predicted molar refractivity (Wildman–Crippen MR) is 76.4 cm³/mol. The Bertz CT molecular complexity index is 576. The van der Waals surface area contributed by atoms with Gasteiger partial charge in [0.05, 0.1) is 12.0 Å². The Morgan fingerprint density at radius 2 is 2.19 bits per heavy atom. The van der Waals surface area contributed by atoms with Crippen molar-refractivity contribution in [1.29, 1.82) is 0 Å². The number of amides is 1. The number of carboxylic acid groups (broad SMARTS) is 1. The second kappa shape index (κ2) is 6.02. The number of rotatable bonds is 4. The maximum absolute atomic E-state index is 13.2. The molecule has 4 nitrogen and oxygen atoms in total. The molecule has 0 aromatic heterocycles. The van der Waals surface area contributed by atoms with Gasteiger partial charge in [-0.25, -0.2) is 4.39 Å². The van der Waals surface area contributed by atoms with Crippen LogP contribution >= 0.6 is 11.6 Å². The van der Waals surface area contributed by atoms with Crippen molar-refractivity contribution < 1.29 is 19.1 Å². The summed E-state index contributed by atoms with van der Waals surface area (Å²) in [6.45, 7) is 4.34. The number of carbonyl (C=O) groups excluding carboxylic acids is 1. The van der Waals surface area contributed by atoms with Crippen LogP contribution in [0.2, 0.25) is 5.02 Å². The highest BCUT2D eigenvalue weighted by molar-refractivity contribution is 6.31. The van der Waals surface area contributed by atoms with Crippen LogP contribution in [0.3, 0.4) is 0 Å². The Labute approximate surface area is 127 Å². The summed E-state index contributed by atoms with van der Waals surface area (Å²) >= 11 is 6.06. The van der Waals surface area contributed by atoms with Gasteiger partial charge in [-0.3, -0.25) is 9.59 Å². The monoisotopic (exact) mass is 313 g/mol. The minimum absolute atomic E-state index is 0.0551. The highest BCUT2D eigenvalue weighted by atomic mass is 35.5. The zero-order chi connectivity index (χ0) is 15.7. The topological polar surface area (TPSA) is 57.6 Å². The lowest BCUT2D eigenvalue weighted by Gasteiger charge is -2.29. The van der Waals surface area contributed by atoms with Gasteiger partial charge in [-0.05, 0) is 23.6 Å². The van der Waals surface area contributed by atoms with Crippen molar-refractivity contribution in [3.8, 4) is 0 Å². The van der Waals surface area contributed by atoms with E-state index in [1.165, 1.54) is 12.1 Å². The molecule has 1 aromatic carbocycles. The Morgan fingerprint density at radius 1 is 1.52 bits per heavy atom. The van der Waals surface area contributed by atoms with Gasteiger partial charge in [-0.15, -0.1) is 0 Å². The summed E-state index contributed by atoms with van der Waals surface area (Å²) in [4.78, 5) is 25.1. The van der Waals surface area contributed by atoms with Crippen LogP contribution in [0.4, 0.5) is 4.39 Å². The number of nitrogens with zero attached hydrogens (tertiary/aromatic N) is 1. The van der Waals surface area contributed by atoms with Crippen LogP contribution < -0.4 is 0 Å². The van der Waals surface area contributed by atoms with Crippen LogP contribution in [0, 0.1) is 17.7 Å². The summed E-state index contributed by atoms with van der Waals surface area (Å²) in [5.41, 5.74) is 0.483. The minimum Gasteiger partial charge on any atom is -0.481 e. The molecule has 6 heteroatoms. The van der Waals surface area contributed by atoms with Crippen molar-refractivity contribution in [2.45, 2.75) is 26.3 Å². The molecule has 1 heterocycles. The van der Waals surface area contributed by atoms with E-state index in [1.807, 2.05) is 13.8 Å². The lowest BCUT2D eigenvalue weighted by molar-refractivity contribution is -0.142. The number of carboxylic acids is 1. The first-order valence-electron chi connectivity index (χ1n) is 6.78. The fourth-order valence-electron chi connectivity index (χ4n) is 2.75. The molecule has 0 radical (unpaired) electrons. The maximum Gasteiger partial charge on any atom is 0.309 e. The SMILES string of the molecule is CC(C)CN1C(=O)CC(C(=O)O)C1c1ccc(F)cc1Cl. The Hall–Kier alpha value is -1.62. The molecule has 0 spiro atoms. The lowest BCUT2D eigenvalue weighted by Crippen LogP contribution is -2.33. The summed E-state index contributed by atoms with van der Waals surface area (Å²) in [6, 6.07) is 3.19. The molecular formula is C15H17ClFNO3. The van der Waals surface area contributed by atoms with Crippen molar-refractivity contribution in [2.24, 2.45) is 11.8 Å². The molecule has 1 aromatic rings. The third-order valence-electron chi connectivity index (χ3n) is 3.59. The molecule has 2 atom stereocenters. The zero-order valence-corrected chi connectivity index (χ0v) is 12.6. The predicted octanol–water partition coefficient (Wildman–Crippen LogP) is 3.11. The zero-order valence-electron chi connectivity index (χ0n) is 11.8.